The smallest absolute Gasteiger partial charge is 0.267 e. The number of fused-ring (bicyclic) bond motifs is 1. The van der Waals surface area contributed by atoms with Crippen LogP contribution in [-0.4, -0.2) is 34.2 Å². The molecule has 2 heterocycles. The van der Waals surface area contributed by atoms with Crippen molar-refractivity contribution in [3.8, 4) is 17.0 Å². The molecule has 1 aliphatic rings. The molecule has 4 rings (SSSR count). The highest BCUT2D eigenvalue weighted by atomic mass is 19.1. The largest absolute Gasteiger partial charge is 0.497 e. The molecule has 0 aliphatic carbocycles. The van der Waals surface area contributed by atoms with E-state index in [1.807, 2.05) is 18.2 Å². The highest BCUT2D eigenvalue weighted by molar-refractivity contribution is 5.80. The van der Waals surface area contributed by atoms with Crippen molar-refractivity contribution in [2.24, 2.45) is 0 Å². The lowest BCUT2D eigenvalue weighted by Gasteiger charge is -2.31. The van der Waals surface area contributed by atoms with E-state index in [1.165, 1.54) is 28.4 Å². The van der Waals surface area contributed by atoms with Gasteiger partial charge in [0.15, 0.2) is 0 Å². The van der Waals surface area contributed by atoms with Gasteiger partial charge in [0.05, 0.1) is 12.8 Å². The molecule has 154 valence electrons. The third-order valence-electron chi connectivity index (χ3n) is 5.43. The first-order valence-corrected chi connectivity index (χ1v) is 9.76. The molecule has 1 unspecified atom stereocenters. The fourth-order valence-electron chi connectivity index (χ4n) is 3.69. The van der Waals surface area contributed by atoms with Crippen LogP contribution in [0.15, 0.2) is 59.4 Å². The maximum Gasteiger partial charge on any atom is 0.267 e. The van der Waals surface area contributed by atoms with Crippen LogP contribution in [0.3, 0.4) is 0 Å². The Morgan fingerprint density at radius 3 is 2.60 bits per heavy atom. The first kappa shape index (κ1) is 19.8. The molecule has 2 aromatic carbocycles. The van der Waals surface area contributed by atoms with Crippen LogP contribution in [0.1, 0.15) is 24.1 Å². The van der Waals surface area contributed by atoms with Crippen LogP contribution in [0.5, 0.6) is 5.75 Å². The summed E-state index contributed by atoms with van der Waals surface area (Å²) in [5.41, 5.74) is 3.06. The van der Waals surface area contributed by atoms with E-state index in [0.717, 1.165) is 17.7 Å². The van der Waals surface area contributed by atoms with Crippen molar-refractivity contribution < 1.29 is 13.9 Å². The molecule has 0 fully saturated rings. The number of hydrogen-bond acceptors (Lipinski definition) is 4. The fraction of sp³-hybridized carbons (Fsp3) is 0.261. The van der Waals surface area contributed by atoms with E-state index in [0.29, 0.717) is 24.3 Å². The lowest BCUT2D eigenvalue weighted by atomic mass is 9.99. The summed E-state index contributed by atoms with van der Waals surface area (Å²) in [5.74, 6) is 0.288. The van der Waals surface area contributed by atoms with Crippen LogP contribution < -0.4 is 10.3 Å². The van der Waals surface area contributed by atoms with Gasteiger partial charge in [0.25, 0.3) is 5.56 Å². The maximum absolute atomic E-state index is 13.2. The zero-order valence-corrected chi connectivity index (χ0v) is 16.8. The number of aromatic nitrogens is 2. The zero-order chi connectivity index (χ0) is 21.3. The zero-order valence-electron chi connectivity index (χ0n) is 16.8. The number of benzene rings is 2. The van der Waals surface area contributed by atoms with Gasteiger partial charge in [0.2, 0.25) is 5.91 Å². The second kappa shape index (κ2) is 8.10. The van der Waals surface area contributed by atoms with Gasteiger partial charge in [-0.1, -0.05) is 6.07 Å². The fourth-order valence-corrected chi connectivity index (χ4v) is 3.69. The predicted molar refractivity (Wildman–Crippen MR) is 111 cm³/mol. The van der Waals surface area contributed by atoms with E-state index in [2.05, 4.69) is 5.10 Å². The van der Waals surface area contributed by atoms with Crippen molar-refractivity contribution in [1.29, 1.82) is 0 Å². The van der Waals surface area contributed by atoms with E-state index in [-0.39, 0.29) is 17.3 Å². The minimum atomic E-state index is -0.752. The van der Waals surface area contributed by atoms with Crippen LogP contribution in [0.25, 0.3) is 11.3 Å². The normalized spacial score (nSPS) is 14.2. The van der Waals surface area contributed by atoms with Crippen molar-refractivity contribution >= 4 is 5.91 Å². The van der Waals surface area contributed by atoms with E-state index < -0.39 is 6.04 Å². The number of rotatable bonds is 4. The van der Waals surface area contributed by atoms with Crippen molar-refractivity contribution in [1.82, 2.24) is 14.7 Å². The van der Waals surface area contributed by atoms with Crippen LogP contribution in [0.2, 0.25) is 0 Å². The van der Waals surface area contributed by atoms with E-state index in [1.54, 1.807) is 37.1 Å². The summed E-state index contributed by atoms with van der Waals surface area (Å²) in [4.78, 5) is 27.3. The number of nitrogens with zero attached hydrogens (tertiary/aromatic N) is 3. The molecular formula is C23H22FN3O3. The van der Waals surface area contributed by atoms with Gasteiger partial charge in [-0.3, -0.25) is 9.59 Å². The molecule has 1 aromatic heterocycles. The molecule has 0 spiro atoms. The molecule has 30 heavy (non-hydrogen) atoms. The number of amides is 1. The number of carbonyl (C=O) groups is 1. The Hall–Kier alpha value is -3.48. The Morgan fingerprint density at radius 1 is 1.10 bits per heavy atom. The van der Waals surface area contributed by atoms with Crippen molar-refractivity contribution in [3.63, 3.8) is 0 Å². The summed E-state index contributed by atoms with van der Waals surface area (Å²) in [6.07, 6.45) is 0.725. The van der Waals surface area contributed by atoms with Crippen LogP contribution in [-0.2, 0) is 17.8 Å². The molecule has 0 radical (unpaired) electrons. The van der Waals surface area contributed by atoms with Crippen molar-refractivity contribution in [3.05, 3.63) is 81.9 Å². The molecule has 1 atom stereocenters. The topological polar surface area (TPSA) is 64.4 Å². The van der Waals surface area contributed by atoms with Gasteiger partial charge in [-0.15, -0.1) is 0 Å². The molecule has 0 N–H and O–H groups in total. The number of carbonyl (C=O) groups excluding carboxylic acids is 1. The SMILES string of the molecule is COc1ccc2c(c1)CCN(C(=O)C(C)n1nc(-c3ccc(F)cc3)ccc1=O)C2. The Kier molecular flexibility index (Phi) is 5.35. The number of methoxy groups -OCH3 is 1. The van der Waals surface area contributed by atoms with Gasteiger partial charge in [-0.05, 0) is 66.9 Å². The van der Waals surface area contributed by atoms with Gasteiger partial charge in [-0.25, -0.2) is 9.07 Å². The van der Waals surface area contributed by atoms with Crippen molar-refractivity contribution in [2.45, 2.75) is 25.9 Å². The second-order valence-corrected chi connectivity index (χ2v) is 7.33. The highest BCUT2D eigenvalue weighted by Crippen LogP contribution is 2.25. The summed E-state index contributed by atoms with van der Waals surface area (Å²) in [6.45, 7) is 2.72. The maximum atomic E-state index is 13.2. The Bertz CT molecular complexity index is 1140. The van der Waals surface area contributed by atoms with Crippen LogP contribution in [0, 0.1) is 5.82 Å². The summed E-state index contributed by atoms with van der Waals surface area (Å²) in [7, 11) is 1.63. The number of ether oxygens (including phenoxy) is 1. The van der Waals surface area contributed by atoms with Gasteiger partial charge in [0, 0.05) is 24.7 Å². The van der Waals surface area contributed by atoms with Gasteiger partial charge in [-0.2, -0.15) is 5.10 Å². The molecule has 0 saturated carbocycles. The first-order chi connectivity index (χ1) is 14.5. The quantitative estimate of drug-likeness (QED) is 0.666. The number of halogens is 1. The second-order valence-electron chi connectivity index (χ2n) is 7.33. The van der Waals surface area contributed by atoms with Gasteiger partial charge < -0.3 is 9.64 Å². The minimum Gasteiger partial charge on any atom is -0.497 e. The molecule has 6 nitrogen and oxygen atoms in total. The lowest BCUT2D eigenvalue weighted by molar-refractivity contribution is -0.135. The highest BCUT2D eigenvalue weighted by Gasteiger charge is 2.27. The Balaban J connectivity index is 1.57. The van der Waals surface area contributed by atoms with Crippen LogP contribution in [0.4, 0.5) is 4.39 Å². The predicted octanol–water partition coefficient (Wildman–Crippen LogP) is 3.20. The van der Waals surface area contributed by atoms with Crippen LogP contribution >= 0.6 is 0 Å². The Labute approximate surface area is 173 Å². The van der Waals surface area contributed by atoms with Gasteiger partial charge >= 0.3 is 0 Å². The molecular weight excluding hydrogens is 385 g/mol. The monoisotopic (exact) mass is 407 g/mol. The molecule has 1 aliphatic heterocycles. The summed E-state index contributed by atoms with van der Waals surface area (Å²) in [6, 6.07) is 13.9. The Morgan fingerprint density at radius 2 is 1.87 bits per heavy atom. The summed E-state index contributed by atoms with van der Waals surface area (Å²) in [5, 5.41) is 4.37. The molecule has 0 bridgehead atoms. The van der Waals surface area contributed by atoms with Gasteiger partial charge in [0.1, 0.15) is 17.6 Å². The third kappa shape index (κ3) is 3.83. The summed E-state index contributed by atoms with van der Waals surface area (Å²) >= 11 is 0. The average Bonchev–Trinajstić information content (AvgIpc) is 2.78. The van der Waals surface area contributed by atoms with Crippen molar-refractivity contribution in [2.75, 3.05) is 13.7 Å². The number of hydrogen-bond donors (Lipinski definition) is 0. The molecule has 1 amide bonds. The van der Waals surface area contributed by atoms with E-state index in [9.17, 15) is 14.0 Å². The standard InChI is InChI=1S/C23H22FN3O3/c1-15(23(29)26-12-11-17-13-20(30-2)8-5-18(17)14-26)27-22(28)10-9-21(25-27)16-3-6-19(24)7-4-16/h3-10,13,15H,11-12,14H2,1-2H3. The first-order valence-electron chi connectivity index (χ1n) is 9.76. The molecule has 0 saturated heterocycles. The third-order valence-corrected chi connectivity index (χ3v) is 5.43. The molecule has 7 heteroatoms. The lowest BCUT2D eigenvalue weighted by Crippen LogP contribution is -2.42. The summed E-state index contributed by atoms with van der Waals surface area (Å²) < 4.78 is 19.7. The minimum absolute atomic E-state index is 0.165. The molecule has 3 aromatic rings. The van der Waals surface area contributed by atoms with E-state index >= 15 is 0 Å². The van der Waals surface area contributed by atoms with E-state index in [4.69, 9.17) is 4.74 Å². The average molecular weight is 407 g/mol.